The molecule has 0 aliphatic carbocycles. The van der Waals surface area contributed by atoms with E-state index >= 15 is 0 Å². The van der Waals surface area contributed by atoms with Crippen molar-refractivity contribution in [1.82, 2.24) is 5.32 Å². The summed E-state index contributed by atoms with van der Waals surface area (Å²) in [4.78, 5) is 10.5. The molecule has 1 rings (SSSR count). The van der Waals surface area contributed by atoms with Gasteiger partial charge in [0.15, 0.2) is 0 Å². The minimum absolute atomic E-state index is 0.00922. The molecule has 1 aromatic carbocycles. The van der Waals surface area contributed by atoms with Gasteiger partial charge in [-0.25, -0.2) is 0 Å². The second-order valence-corrected chi connectivity index (χ2v) is 3.73. The highest BCUT2D eigenvalue weighted by Crippen LogP contribution is 2.26. The van der Waals surface area contributed by atoms with E-state index in [2.05, 4.69) is 11.9 Å². The van der Waals surface area contributed by atoms with Gasteiger partial charge in [0.2, 0.25) is 0 Å². The predicted octanol–water partition coefficient (Wildman–Crippen LogP) is 1.79. The third kappa shape index (κ3) is 3.37. The summed E-state index contributed by atoms with van der Waals surface area (Å²) in [5.74, 6) is 0. The third-order valence-electron chi connectivity index (χ3n) is 2.43. The fourth-order valence-electron chi connectivity index (χ4n) is 1.67. The van der Waals surface area contributed by atoms with Crippen molar-refractivity contribution in [3.63, 3.8) is 0 Å². The number of nitro benzene ring substituents is 1. The van der Waals surface area contributed by atoms with Gasteiger partial charge in [0, 0.05) is 18.2 Å². The highest BCUT2D eigenvalue weighted by molar-refractivity contribution is 5.42. The molecule has 0 saturated carbocycles. The van der Waals surface area contributed by atoms with Gasteiger partial charge in [-0.3, -0.25) is 10.1 Å². The Morgan fingerprint density at radius 2 is 2.24 bits per heavy atom. The van der Waals surface area contributed by atoms with E-state index in [1.165, 1.54) is 6.07 Å². The lowest BCUT2D eigenvalue weighted by atomic mass is 10.0. The van der Waals surface area contributed by atoms with E-state index in [4.69, 9.17) is 0 Å². The molecular formula is C12H16N2O3. The Hall–Kier alpha value is -1.72. The van der Waals surface area contributed by atoms with Crippen molar-refractivity contribution in [2.45, 2.75) is 19.1 Å². The minimum Gasteiger partial charge on any atom is -0.391 e. The van der Waals surface area contributed by atoms with E-state index in [1.54, 1.807) is 31.2 Å². The molecule has 2 unspecified atom stereocenters. The standard InChI is InChI=1S/C12H16N2O3/c1-3-8-13-12(9(2)15)10-6-4-5-7-11(10)14(16)17/h3-7,9,12-13,15H,1,8H2,2H3. The van der Waals surface area contributed by atoms with Gasteiger partial charge >= 0.3 is 0 Å². The van der Waals surface area contributed by atoms with E-state index in [-0.39, 0.29) is 5.69 Å². The molecule has 0 aliphatic heterocycles. The minimum atomic E-state index is -0.726. The van der Waals surface area contributed by atoms with Crippen LogP contribution in [0.25, 0.3) is 0 Å². The van der Waals surface area contributed by atoms with E-state index in [0.717, 1.165) is 0 Å². The van der Waals surface area contributed by atoms with Gasteiger partial charge in [-0.1, -0.05) is 24.3 Å². The first-order valence-electron chi connectivity index (χ1n) is 5.33. The molecule has 5 nitrogen and oxygen atoms in total. The summed E-state index contributed by atoms with van der Waals surface area (Å²) in [6.07, 6.45) is 0.917. The number of aliphatic hydroxyl groups is 1. The van der Waals surface area contributed by atoms with E-state index in [9.17, 15) is 15.2 Å². The number of hydrogen-bond acceptors (Lipinski definition) is 4. The summed E-state index contributed by atoms with van der Waals surface area (Å²) in [5, 5.41) is 23.6. The molecule has 0 radical (unpaired) electrons. The number of nitrogens with one attached hydrogen (secondary N) is 1. The first kappa shape index (κ1) is 13.3. The number of aliphatic hydroxyl groups excluding tert-OH is 1. The van der Waals surface area contributed by atoms with Gasteiger partial charge in [0.05, 0.1) is 17.1 Å². The fourth-order valence-corrected chi connectivity index (χ4v) is 1.67. The molecule has 92 valence electrons. The molecule has 0 saturated heterocycles. The fraction of sp³-hybridized carbons (Fsp3) is 0.333. The molecule has 0 heterocycles. The van der Waals surface area contributed by atoms with Crippen LogP contribution in [0.15, 0.2) is 36.9 Å². The Morgan fingerprint density at radius 3 is 2.76 bits per heavy atom. The molecule has 2 N–H and O–H groups in total. The van der Waals surface area contributed by atoms with E-state index in [0.29, 0.717) is 12.1 Å². The lowest BCUT2D eigenvalue weighted by Crippen LogP contribution is -2.30. The van der Waals surface area contributed by atoms with Gasteiger partial charge < -0.3 is 10.4 Å². The van der Waals surface area contributed by atoms with Crippen LogP contribution >= 0.6 is 0 Å². The summed E-state index contributed by atoms with van der Waals surface area (Å²) in [5.41, 5.74) is 0.490. The molecule has 1 aromatic rings. The van der Waals surface area contributed by atoms with Crippen molar-refractivity contribution in [1.29, 1.82) is 0 Å². The Bertz CT molecular complexity index is 404. The largest absolute Gasteiger partial charge is 0.391 e. The number of para-hydroxylation sites is 1. The van der Waals surface area contributed by atoms with Gasteiger partial charge in [-0.2, -0.15) is 0 Å². The van der Waals surface area contributed by atoms with Crippen LogP contribution in [0.2, 0.25) is 0 Å². The van der Waals surface area contributed by atoms with Crippen molar-refractivity contribution in [2.24, 2.45) is 0 Å². The average molecular weight is 236 g/mol. The topological polar surface area (TPSA) is 75.4 Å². The van der Waals surface area contributed by atoms with Crippen LogP contribution in [0.5, 0.6) is 0 Å². The molecule has 0 aromatic heterocycles. The Balaban J connectivity index is 3.08. The second kappa shape index (κ2) is 6.12. The van der Waals surface area contributed by atoms with Gasteiger partial charge in [-0.15, -0.1) is 6.58 Å². The predicted molar refractivity (Wildman–Crippen MR) is 65.7 cm³/mol. The number of rotatable bonds is 6. The third-order valence-corrected chi connectivity index (χ3v) is 2.43. The monoisotopic (exact) mass is 236 g/mol. The maximum Gasteiger partial charge on any atom is 0.274 e. The summed E-state index contributed by atoms with van der Waals surface area (Å²) >= 11 is 0. The van der Waals surface area contributed by atoms with Gasteiger partial charge in [0.25, 0.3) is 5.69 Å². The van der Waals surface area contributed by atoms with Gasteiger partial charge in [-0.05, 0) is 6.92 Å². The summed E-state index contributed by atoms with van der Waals surface area (Å²) in [7, 11) is 0. The summed E-state index contributed by atoms with van der Waals surface area (Å²) in [6, 6.07) is 5.92. The van der Waals surface area contributed by atoms with Crippen LogP contribution in [0.1, 0.15) is 18.5 Å². The molecular weight excluding hydrogens is 220 g/mol. The van der Waals surface area contributed by atoms with Crippen molar-refractivity contribution in [3.05, 3.63) is 52.6 Å². The molecule has 0 bridgehead atoms. The number of nitro groups is 1. The number of benzene rings is 1. The zero-order valence-corrected chi connectivity index (χ0v) is 9.67. The first-order chi connectivity index (χ1) is 8.07. The molecule has 0 amide bonds. The van der Waals surface area contributed by atoms with Crippen molar-refractivity contribution < 1.29 is 10.0 Å². The van der Waals surface area contributed by atoms with Crippen molar-refractivity contribution in [2.75, 3.05) is 6.54 Å². The highest BCUT2D eigenvalue weighted by Gasteiger charge is 2.24. The molecule has 17 heavy (non-hydrogen) atoms. The maximum atomic E-state index is 10.9. The van der Waals surface area contributed by atoms with Crippen molar-refractivity contribution in [3.8, 4) is 0 Å². The Labute approximate surface area is 99.9 Å². The first-order valence-corrected chi connectivity index (χ1v) is 5.33. The summed E-state index contributed by atoms with van der Waals surface area (Å²) in [6.45, 7) is 5.63. The zero-order chi connectivity index (χ0) is 12.8. The van der Waals surface area contributed by atoms with Crippen LogP contribution in [0, 0.1) is 10.1 Å². The molecule has 0 spiro atoms. The number of hydrogen-bond donors (Lipinski definition) is 2. The van der Waals surface area contributed by atoms with Crippen LogP contribution in [-0.2, 0) is 0 Å². The van der Waals surface area contributed by atoms with E-state index < -0.39 is 17.1 Å². The van der Waals surface area contributed by atoms with Crippen LogP contribution in [-0.4, -0.2) is 22.7 Å². The average Bonchev–Trinajstić information content (AvgIpc) is 2.29. The normalized spacial score (nSPS) is 14.0. The molecule has 2 atom stereocenters. The lowest BCUT2D eigenvalue weighted by Gasteiger charge is -2.21. The Morgan fingerprint density at radius 1 is 1.59 bits per heavy atom. The SMILES string of the molecule is C=CCNC(c1ccccc1[N+](=O)[O-])C(C)O. The van der Waals surface area contributed by atoms with Crippen LogP contribution < -0.4 is 5.32 Å². The van der Waals surface area contributed by atoms with Crippen LogP contribution in [0.3, 0.4) is 0 Å². The zero-order valence-electron chi connectivity index (χ0n) is 9.67. The quantitative estimate of drug-likeness (QED) is 0.448. The molecule has 5 heteroatoms. The van der Waals surface area contributed by atoms with Gasteiger partial charge in [0.1, 0.15) is 0 Å². The molecule has 0 fully saturated rings. The highest BCUT2D eigenvalue weighted by atomic mass is 16.6. The molecule has 0 aliphatic rings. The van der Waals surface area contributed by atoms with E-state index in [1.807, 2.05) is 0 Å². The lowest BCUT2D eigenvalue weighted by molar-refractivity contribution is -0.385. The van der Waals surface area contributed by atoms with Crippen LogP contribution in [0.4, 0.5) is 5.69 Å². The Kier molecular flexibility index (Phi) is 4.81. The van der Waals surface area contributed by atoms with Crippen molar-refractivity contribution >= 4 is 5.69 Å². The number of nitrogens with zero attached hydrogens (tertiary/aromatic N) is 1. The summed E-state index contributed by atoms with van der Waals surface area (Å²) < 4.78 is 0. The second-order valence-electron chi connectivity index (χ2n) is 3.73. The maximum absolute atomic E-state index is 10.9. The smallest absolute Gasteiger partial charge is 0.274 e.